The summed E-state index contributed by atoms with van der Waals surface area (Å²) in [4.78, 5) is 27.1. The van der Waals surface area contributed by atoms with Crippen LogP contribution in [0.2, 0.25) is 5.02 Å². The number of benzene rings is 2. The molecule has 0 saturated carbocycles. The second-order valence-electron chi connectivity index (χ2n) is 6.74. The van der Waals surface area contributed by atoms with Crippen LogP contribution < -0.4 is 5.32 Å². The number of piperidine rings is 1. The molecule has 138 valence electrons. The van der Waals surface area contributed by atoms with E-state index >= 15 is 0 Å². The molecule has 1 fully saturated rings. The summed E-state index contributed by atoms with van der Waals surface area (Å²) in [7, 11) is 0. The molecule has 1 unspecified atom stereocenters. The average molecular weight is 383 g/mol. The number of likely N-dealkylation sites (tertiary alicyclic amines) is 1. The average Bonchev–Trinajstić information content (AvgIpc) is 3.11. The van der Waals surface area contributed by atoms with Crippen molar-refractivity contribution >= 4 is 40.1 Å². The van der Waals surface area contributed by atoms with E-state index in [2.05, 4.69) is 5.32 Å². The Kier molecular flexibility index (Phi) is 4.86. The van der Waals surface area contributed by atoms with Crippen LogP contribution >= 0.6 is 11.6 Å². The van der Waals surface area contributed by atoms with Gasteiger partial charge in [-0.1, -0.05) is 29.8 Å². The van der Waals surface area contributed by atoms with Gasteiger partial charge in [-0.3, -0.25) is 9.59 Å². The van der Waals surface area contributed by atoms with Crippen LogP contribution in [0.4, 0.5) is 5.69 Å². The molecule has 2 heterocycles. The SMILES string of the molecule is O=C(Nc1ccccc1)C1CCCN(C(=O)c2cc3cc(Cl)ccc3o2)C1. The number of carbonyl (C=O) groups is 2. The first-order chi connectivity index (χ1) is 13.1. The van der Waals surface area contributed by atoms with E-state index in [0.717, 1.165) is 23.9 Å². The first-order valence-electron chi connectivity index (χ1n) is 8.94. The highest BCUT2D eigenvalue weighted by Crippen LogP contribution is 2.26. The highest BCUT2D eigenvalue weighted by molar-refractivity contribution is 6.31. The molecule has 4 rings (SSSR count). The van der Waals surface area contributed by atoms with Crippen LogP contribution in [-0.2, 0) is 4.79 Å². The van der Waals surface area contributed by atoms with Gasteiger partial charge in [-0.05, 0) is 49.2 Å². The van der Waals surface area contributed by atoms with Gasteiger partial charge in [-0.2, -0.15) is 0 Å². The van der Waals surface area contributed by atoms with Gasteiger partial charge in [0.2, 0.25) is 5.91 Å². The monoisotopic (exact) mass is 382 g/mol. The van der Waals surface area contributed by atoms with E-state index in [1.165, 1.54) is 0 Å². The summed E-state index contributed by atoms with van der Waals surface area (Å²) in [6.07, 6.45) is 1.54. The van der Waals surface area contributed by atoms with Crippen molar-refractivity contribution in [3.05, 3.63) is 65.4 Å². The maximum absolute atomic E-state index is 12.8. The van der Waals surface area contributed by atoms with Gasteiger partial charge in [0.25, 0.3) is 5.91 Å². The molecule has 0 bridgehead atoms. The summed E-state index contributed by atoms with van der Waals surface area (Å²) in [5, 5.41) is 4.31. The lowest BCUT2D eigenvalue weighted by atomic mass is 9.96. The number of hydrogen-bond acceptors (Lipinski definition) is 3. The number of halogens is 1. The van der Waals surface area contributed by atoms with Crippen LogP contribution in [0.1, 0.15) is 23.4 Å². The minimum atomic E-state index is -0.235. The zero-order valence-electron chi connectivity index (χ0n) is 14.7. The van der Waals surface area contributed by atoms with Gasteiger partial charge in [0, 0.05) is 29.2 Å². The Balaban J connectivity index is 1.46. The molecule has 27 heavy (non-hydrogen) atoms. The van der Waals surface area contributed by atoms with E-state index in [1.807, 2.05) is 30.3 Å². The Morgan fingerprint density at radius 1 is 1.11 bits per heavy atom. The second-order valence-corrected chi connectivity index (χ2v) is 7.17. The molecule has 1 N–H and O–H groups in total. The fourth-order valence-corrected chi connectivity index (χ4v) is 3.60. The molecule has 5 nitrogen and oxygen atoms in total. The minimum absolute atomic E-state index is 0.0601. The third-order valence-corrected chi connectivity index (χ3v) is 5.04. The Labute approximate surface area is 161 Å². The normalized spacial score (nSPS) is 17.1. The molecule has 1 saturated heterocycles. The van der Waals surface area contributed by atoms with Crippen LogP contribution in [0.5, 0.6) is 0 Å². The van der Waals surface area contributed by atoms with Crippen LogP contribution in [0.25, 0.3) is 11.0 Å². The molecule has 6 heteroatoms. The van der Waals surface area contributed by atoms with Crippen molar-refractivity contribution in [3.63, 3.8) is 0 Å². The topological polar surface area (TPSA) is 62.6 Å². The lowest BCUT2D eigenvalue weighted by Gasteiger charge is -2.31. The Hall–Kier alpha value is -2.79. The van der Waals surface area contributed by atoms with E-state index in [-0.39, 0.29) is 23.5 Å². The molecular weight excluding hydrogens is 364 g/mol. The number of fused-ring (bicyclic) bond motifs is 1. The fraction of sp³-hybridized carbons (Fsp3) is 0.238. The third kappa shape index (κ3) is 3.83. The van der Waals surface area contributed by atoms with E-state index in [4.69, 9.17) is 16.0 Å². The van der Waals surface area contributed by atoms with Gasteiger partial charge in [0.05, 0.1) is 5.92 Å². The van der Waals surface area contributed by atoms with E-state index in [1.54, 1.807) is 29.2 Å². The first-order valence-corrected chi connectivity index (χ1v) is 9.32. The minimum Gasteiger partial charge on any atom is -0.451 e. The van der Waals surface area contributed by atoms with Crippen molar-refractivity contribution in [2.24, 2.45) is 5.92 Å². The number of nitrogens with zero attached hydrogens (tertiary/aromatic N) is 1. The molecule has 0 aliphatic carbocycles. The molecule has 1 aliphatic rings. The number of hydrogen-bond donors (Lipinski definition) is 1. The largest absolute Gasteiger partial charge is 0.451 e. The molecule has 3 aromatic rings. The molecule has 1 atom stereocenters. The molecule has 2 amide bonds. The van der Waals surface area contributed by atoms with E-state index < -0.39 is 0 Å². The highest BCUT2D eigenvalue weighted by Gasteiger charge is 2.30. The highest BCUT2D eigenvalue weighted by atomic mass is 35.5. The van der Waals surface area contributed by atoms with Gasteiger partial charge in [0.1, 0.15) is 5.58 Å². The lowest BCUT2D eigenvalue weighted by Crippen LogP contribution is -2.43. The summed E-state index contributed by atoms with van der Waals surface area (Å²) in [5.41, 5.74) is 1.39. The van der Waals surface area contributed by atoms with Gasteiger partial charge >= 0.3 is 0 Å². The second kappa shape index (κ2) is 7.45. The molecule has 0 radical (unpaired) electrons. The lowest BCUT2D eigenvalue weighted by molar-refractivity contribution is -0.121. The van der Waals surface area contributed by atoms with Gasteiger partial charge in [-0.25, -0.2) is 0 Å². The summed E-state index contributed by atoms with van der Waals surface area (Å²) in [6.45, 7) is 1.00. The van der Waals surface area contributed by atoms with Crippen molar-refractivity contribution in [3.8, 4) is 0 Å². The van der Waals surface area contributed by atoms with Gasteiger partial charge < -0.3 is 14.6 Å². The zero-order valence-corrected chi connectivity index (χ0v) is 15.4. The van der Waals surface area contributed by atoms with Crippen molar-refractivity contribution in [2.75, 3.05) is 18.4 Å². The number of furan rings is 1. The number of carbonyl (C=O) groups excluding carboxylic acids is 2. The standard InChI is InChI=1S/C21H19ClN2O3/c22-16-8-9-18-15(11-16)12-19(27-18)21(26)24-10-4-5-14(13-24)20(25)23-17-6-2-1-3-7-17/h1-3,6-9,11-12,14H,4-5,10,13H2,(H,23,25). The smallest absolute Gasteiger partial charge is 0.289 e. The number of nitrogens with one attached hydrogen (secondary N) is 1. The third-order valence-electron chi connectivity index (χ3n) is 4.81. The molecular formula is C21H19ClN2O3. The molecule has 1 aromatic heterocycles. The number of rotatable bonds is 3. The van der Waals surface area contributed by atoms with Crippen molar-refractivity contribution < 1.29 is 14.0 Å². The number of anilines is 1. The summed E-state index contributed by atoms with van der Waals surface area (Å²) >= 11 is 6.00. The summed E-state index contributed by atoms with van der Waals surface area (Å²) in [5.74, 6) is -0.215. The van der Waals surface area contributed by atoms with Crippen LogP contribution in [0.3, 0.4) is 0 Å². The van der Waals surface area contributed by atoms with Crippen LogP contribution in [0, 0.1) is 5.92 Å². The predicted molar refractivity (Wildman–Crippen MR) is 105 cm³/mol. The quantitative estimate of drug-likeness (QED) is 0.721. The summed E-state index contributed by atoms with van der Waals surface area (Å²) in [6, 6.07) is 16.3. The van der Waals surface area contributed by atoms with Gasteiger partial charge in [-0.15, -0.1) is 0 Å². The summed E-state index contributed by atoms with van der Waals surface area (Å²) < 4.78 is 5.68. The molecule has 0 spiro atoms. The van der Waals surface area contributed by atoms with E-state index in [9.17, 15) is 9.59 Å². The maximum atomic E-state index is 12.8. The van der Waals surface area contributed by atoms with E-state index in [0.29, 0.717) is 23.7 Å². The molecule has 2 aromatic carbocycles. The Morgan fingerprint density at radius 2 is 1.93 bits per heavy atom. The zero-order chi connectivity index (χ0) is 18.8. The Bertz CT molecular complexity index is 984. The predicted octanol–water partition coefficient (Wildman–Crippen LogP) is 4.58. The van der Waals surface area contributed by atoms with Crippen LogP contribution in [-0.4, -0.2) is 29.8 Å². The Morgan fingerprint density at radius 3 is 2.74 bits per heavy atom. The van der Waals surface area contributed by atoms with Gasteiger partial charge in [0.15, 0.2) is 5.76 Å². The number of amides is 2. The number of para-hydroxylation sites is 1. The van der Waals surface area contributed by atoms with Crippen LogP contribution in [0.15, 0.2) is 59.0 Å². The van der Waals surface area contributed by atoms with Crippen molar-refractivity contribution in [1.82, 2.24) is 4.90 Å². The van der Waals surface area contributed by atoms with Crippen molar-refractivity contribution in [2.45, 2.75) is 12.8 Å². The fourth-order valence-electron chi connectivity index (χ4n) is 3.42. The first kappa shape index (κ1) is 17.6. The van der Waals surface area contributed by atoms with Crippen molar-refractivity contribution in [1.29, 1.82) is 0 Å². The maximum Gasteiger partial charge on any atom is 0.289 e. The molecule has 1 aliphatic heterocycles.